The third kappa shape index (κ3) is 3.51. The maximum Gasteiger partial charge on any atom is 0.151 e. The van der Waals surface area contributed by atoms with E-state index < -0.39 is 0 Å². The number of hydrogen-bond acceptors (Lipinski definition) is 4. The summed E-state index contributed by atoms with van der Waals surface area (Å²) in [6.45, 7) is 0. The van der Waals surface area contributed by atoms with Crippen molar-refractivity contribution in [2.75, 3.05) is 17.3 Å². The second kappa shape index (κ2) is 5.75. The summed E-state index contributed by atoms with van der Waals surface area (Å²) in [5, 5.41) is 2.26. The number of hydrogen-bond donors (Lipinski definition) is 0. The van der Waals surface area contributed by atoms with Crippen LogP contribution in [0.2, 0.25) is 0 Å². The van der Waals surface area contributed by atoms with Gasteiger partial charge in [0, 0.05) is 38.4 Å². The van der Waals surface area contributed by atoms with Crippen molar-refractivity contribution in [3.63, 3.8) is 0 Å². The van der Waals surface area contributed by atoms with Crippen molar-refractivity contribution in [1.29, 1.82) is 0 Å². The van der Waals surface area contributed by atoms with Crippen LogP contribution in [0.1, 0.15) is 4.88 Å². The van der Waals surface area contributed by atoms with E-state index >= 15 is 0 Å². The van der Waals surface area contributed by atoms with Crippen LogP contribution in [0, 0.1) is 0 Å². The molecule has 1 aromatic heterocycles. The molecular formula is C10H11BrOS3. The van der Waals surface area contributed by atoms with E-state index in [-0.39, 0.29) is 5.25 Å². The highest BCUT2D eigenvalue weighted by Crippen LogP contribution is 2.27. The molecule has 0 aliphatic carbocycles. The van der Waals surface area contributed by atoms with Gasteiger partial charge in [0.15, 0.2) is 5.78 Å². The van der Waals surface area contributed by atoms with Crippen molar-refractivity contribution in [3.05, 3.63) is 20.8 Å². The summed E-state index contributed by atoms with van der Waals surface area (Å²) < 4.78 is 1.08. The molecule has 15 heavy (non-hydrogen) atoms. The molecule has 82 valence electrons. The number of ketones is 1. The van der Waals surface area contributed by atoms with E-state index in [2.05, 4.69) is 15.9 Å². The zero-order valence-corrected chi connectivity index (χ0v) is 12.1. The summed E-state index contributed by atoms with van der Waals surface area (Å²) in [6, 6.07) is 2.04. The first-order valence-electron chi connectivity index (χ1n) is 4.70. The van der Waals surface area contributed by atoms with Crippen LogP contribution >= 0.6 is 50.8 Å². The summed E-state index contributed by atoms with van der Waals surface area (Å²) in [6.07, 6.45) is 0.606. The summed E-state index contributed by atoms with van der Waals surface area (Å²) in [4.78, 5) is 13.1. The SMILES string of the molecule is O=C(Cc1cc(Br)cs1)C1CSCCS1. The van der Waals surface area contributed by atoms with Gasteiger partial charge < -0.3 is 0 Å². The number of Topliss-reactive ketones (excluding diaryl/α,β-unsaturated/α-hetero) is 1. The molecule has 0 N–H and O–H groups in total. The first kappa shape index (κ1) is 12.0. The van der Waals surface area contributed by atoms with Gasteiger partial charge in [-0.15, -0.1) is 23.1 Å². The smallest absolute Gasteiger partial charge is 0.151 e. The fourth-order valence-corrected chi connectivity index (χ4v) is 5.52. The highest BCUT2D eigenvalue weighted by Gasteiger charge is 2.22. The predicted octanol–water partition coefficient (Wildman–Crippen LogP) is 3.47. The van der Waals surface area contributed by atoms with Crippen LogP contribution in [0.4, 0.5) is 0 Å². The van der Waals surface area contributed by atoms with Crippen molar-refractivity contribution in [2.24, 2.45) is 0 Å². The molecule has 1 fully saturated rings. The Morgan fingerprint density at radius 2 is 2.40 bits per heavy atom. The Balaban J connectivity index is 1.91. The number of carbonyl (C=O) groups is 1. The van der Waals surface area contributed by atoms with E-state index in [4.69, 9.17) is 0 Å². The van der Waals surface area contributed by atoms with Gasteiger partial charge in [0.25, 0.3) is 0 Å². The summed E-state index contributed by atoms with van der Waals surface area (Å²) in [7, 11) is 0. The Bertz CT molecular complexity index is 344. The van der Waals surface area contributed by atoms with Gasteiger partial charge >= 0.3 is 0 Å². The fraction of sp³-hybridized carbons (Fsp3) is 0.500. The molecule has 1 aliphatic rings. The molecule has 1 nitrogen and oxygen atoms in total. The van der Waals surface area contributed by atoms with Crippen molar-refractivity contribution in [3.8, 4) is 0 Å². The minimum absolute atomic E-state index is 0.227. The van der Waals surface area contributed by atoms with Gasteiger partial charge in [-0.1, -0.05) is 0 Å². The quantitative estimate of drug-likeness (QED) is 0.848. The van der Waals surface area contributed by atoms with Gasteiger partial charge in [0.05, 0.1) is 5.25 Å². The average molecular weight is 323 g/mol. The normalized spacial score (nSPS) is 21.5. The highest BCUT2D eigenvalue weighted by molar-refractivity contribution is 9.10. The molecule has 2 rings (SSSR count). The molecule has 0 spiro atoms. The van der Waals surface area contributed by atoms with Crippen LogP contribution in [0.25, 0.3) is 0 Å². The van der Waals surface area contributed by atoms with Crippen LogP contribution in [0.5, 0.6) is 0 Å². The van der Waals surface area contributed by atoms with Crippen molar-refractivity contribution < 1.29 is 4.79 Å². The topological polar surface area (TPSA) is 17.1 Å². The number of halogens is 1. The monoisotopic (exact) mass is 322 g/mol. The fourth-order valence-electron chi connectivity index (χ4n) is 1.41. The molecule has 0 radical (unpaired) electrons. The van der Waals surface area contributed by atoms with E-state index in [1.807, 2.05) is 35.0 Å². The van der Waals surface area contributed by atoms with E-state index in [1.54, 1.807) is 11.3 Å². The van der Waals surface area contributed by atoms with E-state index in [0.717, 1.165) is 16.0 Å². The van der Waals surface area contributed by atoms with E-state index in [1.165, 1.54) is 10.6 Å². The molecule has 0 amide bonds. The lowest BCUT2D eigenvalue weighted by Gasteiger charge is -2.19. The third-order valence-corrected chi connectivity index (χ3v) is 6.65. The predicted molar refractivity (Wildman–Crippen MR) is 74.3 cm³/mol. The molecular weight excluding hydrogens is 312 g/mol. The molecule has 1 atom stereocenters. The molecule has 0 bridgehead atoms. The third-order valence-electron chi connectivity index (χ3n) is 2.15. The summed E-state index contributed by atoms with van der Waals surface area (Å²) in [5.41, 5.74) is 0. The molecule has 1 unspecified atom stereocenters. The lowest BCUT2D eigenvalue weighted by molar-refractivity contribution is -0.117. The van der Waals surface area contributed by atoms with Gasteiger partial charge in [-0.25, -0.2) is 0 Å². The first-order chi connectivity index (χ1) is 7.25. The molecule has 0 saturated carbocycles. The second-order valence-electron chi connectivity index (χ2n) is 3.31. The van der Waals surface area contributed by atoms with Gasteiger partial charge in [-0.05, 0) is 22.0 Å². The van der Waals surface area contributed by atoms with Crippen LogP contribution in [-0.2, 0) is 11.2 Å². The Hall–Kier alpha value is 0.550. The molecule has 1 aliphatic heterocycles. The number of thioether (sulfide) groups is 2. The van der Waals surface area contributed by atoms with Crippen LogP contribution in [0.3, 0.4) is 0 Å². The van der Waals surface area contributed by atoms with Gasteiger partial charge in [-0.2, -0.15) is 11.8 Å². The largest absolute Gasteiger partial charge is 0.298 e. The highest BCUT2D eigenvalue weighted by atomic mass is 79.9. The zero-order valence-electron chi connectivity index (χ0n) is 8.07. The maximum atomic E-state index is 11.9. The second-order valence-corrected chi connectivity index (χ2v) is 7.68. The molecule has 1 aromatic rings. The summed E-state index contributed by atoms with van der Waals surface area (Å²) >= 11 is 8.79. The van der Waals surface area contributed by atoms with Crippen LogP contribution in [-0.4, -0.2) is 28.3 Å². The Labute approximate surface area is 111 Å². The van der Waals surface area contributed by atoms with Gasteiger partial charge in [0.2, 0.25) is 0 Å². The van der Waals surface area contributed by atoms with Crippen molar-refractivity contribution in [2.45, 2.75) is 11.7 Å². The first-order valence-corrected chi connectivity index (χ1v) is 8.58. The summed E-state index contributed by atoms with van der Waals surface area (Å²) in [5.74, 6) is 3.70. The molecule has 0 aromatic carbocycles. The van der Waals surface area contributed by atoms with E-state index in [9.17, 15) is 4.79 Å². The number of rotatable bonds is 3. The van der Waals surface area contributed by atoms with Crippen molar-refractivity contribution in [1.82, 2.24) is 0 Å². The molecule has 5 heteroatoms. The minimum Gasteiger partial charge on any atom is -0.298 e. The Kier molecular flexibility index (Phi) is 4.61. The van der Waals surface area contributed by atoms with Crippen molar-refractivity contribution >= 4 is 56.6 Å². The minimum atomic E-state index is 0.227. The van der Waals surface area contributed by atoms with Crippen LogP contribution in [0.15, 0.2) is 15.9 Å². The average Bonchev–Trinajstić information content (AvgIpc) is 2.65. The van der Waals surface area contributed by atoms with Crippen LogP contribution < -0.4 is 0 Å². The van der Waals surface area contributed by atoms with Gasteiger partial charge in [-0.3, -0.25) is 4.79 Å². The lowest BCUT2D eigenvalue weighted by Crippen LogP contribution is -2.25. The molecule has 1 saturated heterocycles. The van der Waals surface area contributed by atoms with E-state index in [0.29, 0.717) is 12.2 Å². The number of carbonyl (C=O) groups excluding carboxylic acids is 1. The number of thiophene rings is 1. The van der Waals surface area contributed by atoms with Gasteiger partial charge in [0.1, 0.15) is 0 Å². The zero-order chi connectivity index (χ0) is 10.7. The maximum absolute atomic E-state index is 11.9. The lowest BCUT2D eigenvalue weighted by atomic mass is 10.2. The standard InChI is InChI=1S/C10H11BrOS3/c11-7-3-8(15-5-7)4-9(12)10-6-13-1-2-14-10/h3,5,10H,1-2,4,6H2. The Morgan fingerprint density at radius 3 is 3.00 bits per heavy atom. The molecule has 2 heterocycles. The Morgan fingerprint density at radius 1 is 1.53 bits per heavy atom.